The Morgan fingerprint density at radius 1 is 0.259 bits per heavy atom. The molecule has 0 fully saturated rings. The predicted octanol–water partition coefficient (Wildman–Crippen LogP) is 14.7. The van der Waals surface area contributed by atoms with E-state index in [-0.39, 0.29) is 0 Å². The highest BCUT2D eigenvalue weighted by Crippen LogP contribution is 2.38. The molecule has 8 aromatic rings. The van der Waals surface area contributed by atoms with Gasteiger partial charge in [-0.15, -0.1) is 0 Å². The zero-order valence-electron chi connectivity index (χ0n) is 30.7. The van der Waals surface area contributed by atoms with Crippen LogP contribution in [0.4, 0.5) is 34.1 Å². The SMILES string of the molecule is Cc1ccc(N(c2ccc(/C=C/c3ccc(N(c4ccc(C)cc4)c4ccc(-c5ccccc5)cc4)cc3)cc2)c2ccc(-c3ccccc3)cc2)cc1. The van der Waals surface area contributed by atoms with Crippen LogP contribution in [0.15, 0.2) is 206 Å². The number of benzene rings is 8. The molecule has 0 amide bonds. The van der Waals surface area contributed by atoms with Crippen LogP contribution in [0.3, 0.4) is 0 Å². The van der Waals surface area contributed by atoms with Crippen molar-refractivity contribution in [2.24, 2.45) is 0 Å². The highest BCUT2D eigenvalue weighted by molar-refractivity contribution is 5.81. The van der Waals surface area contributed by atoms with Crippen LogP contribution in [0, 0.1) is 13.8 Å². The summed E-state index contributed by atoms with van der Waals surface area (Å²) in [6, 6.07) is 73.7. The van der Waals surface area contributed by atoms with Crippen molar-refractivity contribution in [1.82, 2.24) is 0 Å². The molecule has 0 N–H and O–H groups in total. The van der Waals surface area contributed by atoms with Gasteiger partial charge in [-0.1, -0.05) is 157 Å². The fraction of sp³-hybridized carbons (Fsp3) is 0.0385. The van der Waals surface area contributed by atoms with Crippen LogP contribution < -0.4 is 9.80 Å². The van der Waals surface area contributed by atoms with E-state index in [0.717, 1.165) is 45.3 Å². The van der Waals surface area contributed by atoms with E-state index in [0.29, 0.717) is 0 Å². The number of aryl methyl sites for hydroxylation is 2. The first kappa shape index (κ1) is 34.2. The fourth-order valence-electron chi connectivity index (χ4n) is 6.81. The third kappa shape index (κ3) is 7.79. The van der Waals surface area contributed by atoms with Gasteiger partial charge in [0.1, 0.15) is 0 Å². The molecule has 0 aromatic heterocycles. The molecular weight excluding hydrogens is 653 g/mol. The van der Waals surface area contributed by atoms with E-state index in [1.54, 1.807) is 0 Å². The van der Waals surface area contributed by atoms with Crippen molar-refractivity contribution in [1.29, 1.82) is 0 Å². The molecular formula is C52H42N2. The van der Waals surface area contributed by atoms with Crippen molar-refractivity contribution >= 4 is 46.3 Å². The molecule has 0 unspecified atom stereocenters. The third-order valence-corrected chi connectivity index (χ3v) is 9.82. The zero-order chi connectivity index (χ0) is 36.7. The molecule has 2 heteroatoms. The van der Waals surface area contributed by atoms with Crippen molar-refractivity contribution in [2.45, 2.75) is 13.8 Å². The Morgan fingerprint density at radius 2 is 0.500 bits per heavy atom. The normalized spacial score (nSPS) is 11.1. The van der Waals surface area contributed by atoms with E-state index in [4.69, 9.17) is 0 Å². The van der Waals surface area contributed by atoms with E-state index < -0.39 is 0 Å². The van der Waals surface area contributed by atoms with Gasteiger partial charge in [-0.25, -0.2) is 0 Å². The minimum Gasteiger partial charge on any atom is -0.311 e. The Hall–Kier alpha value is -6.90. The van der Waals surface area contributed by atoms with Crippen LogP contribution in [0.1, 0.15) is 22.3 Å². The maximum absolute atomic E-state index is 2.31. The average molecular weight is 695 g/mol. The van der Waals surface area contributed by atoms with Gasteiger partial charge < -0.3 is 9.80 Å². The summed E-state index contributed by atoms with van der Waals surface area (Å²) in [7, 11) is 0. The first-order valence-corrected chi connectivity index (χ1v) is 18.5. The van der Waals surface area contributed by atoms with Gasteiger partial charge in [0.15, 0.2) is 0 Å². The van der Waals surface area contributed by atoms with Gasteiger partial charge in [0.25, 0.3) is 0 Å². The number of nitrogens with zero attached hydrogens (tertiary/aromatic N) is 2. The lowest BCUT2D eigenvalue weighted by atomic mass is 10.0. The maximum atomic E-state index is 2.31. The van der Waals surface area contributed by atoms with Crippen LogP contribution in [-0.2, 0) is 0 Å². The van der Waals surface area contributed by atoms with Gasteiger partial charge in [-0.2, -0.15) is 0 Å². The van der Waals surface area contributed by atoms with Gasteiger partial charge in [-0.05, 0) is 120 Å². The zero-order valence-corrected chi connectivity index (χ0v) is 30.7. The monoisotopic (exact) mass is 694 g/mol. The second-order valence-electron chi connectivity index (χ2n) is 13.7. The highest BCUT2D eigenvalue weighted by Gasteiger charge is 2.14. The van der Waals surface area contributed by atoms with Gasteiger partial charge in [0.05, 0.1) is 0 Å². The summed E-state index contributed by atoms with van der Waals surface area (Å²) in [5.41, 5.74) is 16.3. The van der Waals surface area contributed by atoms with Crippen molar-refractivity contribution in [3.05, 3.63) is 229 Å². The number of anilines is 6. The quantitative estimate of drug-likeness (QED) is 0.132. The Balaban J connectivity index is 1.03. The summed E-state index contributed by atoms with van der Waals surface area (Å²) in [6.45, 7) is 4.25. The van der Waals surface area contributed by atoms with E-state index >= 15 is 0 Å². The summed E-state index contributed by atoms with van der Waals surface area (Å²) in [5.74, 6) is 0. The molecule has 0 aliphatic heterocycles. The molecule has 0 saturated heterocycles. The van der Waals surface area contributed by atoms with Crippen molar-refractivity contribution in [2.75, 3.05) is 9.80 Å². The van der Waals surface area contributed by atoms with Gasteiger partial charge >= 0.3 is 0 Å². The molecule has 0 radical (unpaired) electrons. The van der Waals surface area contributed by atoms with Crippen LogP contribution in [-0.4, -0.2) is 0 Å². The lowest BCUT2D eigenvalue weighted by Crippen LogP contribution is -2.09. The molecule has 0 atom stereocenters. The number of hydrogen-bond donors (Lipinski definition) is 0. The maximum Gasteiger partial charge on any atom is 0.0462 e. The van der Waals surface area contributed by atoms with Gasteiger partial charge in [0, 0.05) is 34.1 Å². The molecule has 54 heavy (non-hydrogen) atoms. The number of hydrogen-bond acceptors (Lipinski definition) is 2. The van der Waals surface area contributed by atoms with E-state index in [2.05, 4.69) is 242 Å². The predicted molar refractivity (Wildman–Crippen MR) is 232 cm³/mol. The standard InChI is InChI=1S/C52H42N2/c1-39-13-27-47(28-14-39)53(51-35-23-45(24-36-51)43-9-5-3-6-10-43)49-31-19-41(20-32-49)17-18-42-21-33-50(34-22-42)54(48-29-15-40(2)16-30-48)52-37-25-46(26-38-52)44-11-7-4-8-12-44/h3-38H,1-2H3/b18-17+. The summed E-state index contributed by atoms with van der Waals surface area (Å²) >= 11 is 0. The molecule has 2 nitrogen and oxygen atoms in total. The molecule has 0 spiro atoms. The second-order valence-corrected chi connectivity index (χ2v) is 13.7. The minimum atomic E-state index is 1.11. The smallest absolute Gasteiger partial charge is 0.0462 e. The Labute approximate surface area is 319 Å². The van der Waals surface area contributed by atoms with Crippen molar-refractivity contribution < 1.29 is 0 Å². The largest absolute Gasteiger partial charge is 0.311 e. The van der Waals surface area contributed by atoms with Crippen LogP contribution in [0.2, 0.25) is 0 Å². The van der Waals surface area contributed by atoms with Crippen LogP contribution in [0.5, 0.6) is 0 Å². The molecule has 260 valence electrons. The lowest BCUT2D eigenvalue weighted by Gasteiger charge is -2.26. The Kier molecular flexibility index (Phi) is 9.99. The van der Waals surface area contributed by atoms with Crippen molar-refractivity contribution in [3.8, 4) is 22.3 Å². The molecule has 0 bridgehead atoms. The fourth-order valence-corrected chi connectivity index (χ4v) is 6.81. The first-order valence-electron chi connectivity index (χ1n) is 18.5. The Morgan fingerprint density at radius 3 is 0.796 bits per heavy atom. The average Bonchev–Trinajstić information content (AvgIpc) is 3.24. The van der Waals surface area contributed by atoms with Gasteiger partial charge in [0.2, 0.25) is 0 Å². The molecule has 0 heterocycles. The second kappa shape index (κ2) is 15.8. The summed E-state index contributed by atoms with van der Waals surface area (Å²) in [4.78, 5) is 4.63. The van der Waals surface area contributed by atoms with E-state index in [1.807, 2.05) is 0 Å². The third-order valence-electron chi connectivity index (χ3n) is 9.82. The minimum absolute atomic E-state index is 1.11. The van der Waals surface area contributed by atoms with E-state index in [1.165, 1.54) is 33.4 Å². The topological polar surface area (TPSA) is 6.48 Å². The summed E-state index contributed by atoms with van der Waals surface area (Å²) in [5, 5.41) is 0. The molecule has 0 aliphatic carbocycles. The summed E-state index contributed by atoms with van der Waals surface area (Å²) < 4.78 is 0. The van der Waals surface area contributed by atoms with Crippen LogP contribution in [0.25, 0.3) is 34.4 Å². The van der Waals surface area contributed by atoms with E-state index in [9.17, 15) is 0 Å². The summed E-state index contributed by atoms with van der Waals surface area (Å²) in [6.07, 6.45) is 4.37. The molecule has 0 aliphatic rings. The van der Waals surface area contributed by atoms with Crippen LogP contribution >= 0.6 is 0 Å². The molecule has 8 aromatic carbocycles. The van der Waals surface area contributed by atoms with Crippen molar-refractivity contribution in [3.63, 3.8) is 0 Å². The Bertz CT molecular complexity index is 2250. The van der Waals surface area contributed by atoms with Gasteiger partial charge in [-0.3, -0.25) is 0 Å². The first-order chi connectivity index (χ1) is 26.6. The lowest BCUT2D eigenvalue weighted by molar-refractivity contribution is 1.27. The molecule has 0 saturated carbocycles. The number of rotatable bonds is 10. The molecule has 8 rings (SSSR count). The highest BCUT2D eigenvalue weighted by atomic mass is 15.1.